The highest BCUT2D eigenvalue weighted by Gasteiger charge is 2.23. The van der Waals surface area contributed by atoms with Gasteiger partial charge in [0.1, 0.15) is 18.1 Å². The largest absolute Gasteiger partial charge is 0.489 e. The van der Waals surface area contributed by atoms with Gasteiger partial charge in [-0.25, -0.2) is 0 Å². The average molecular weight is 653 g/mol. The molecule has 6 nitrogen and oxygen atoms in total. The van der Waals surface area contributed by atoms with Gasteiger partial charge >= 0.3 is 5.97 Å². The van der Waals surface area contributed by atoms with Crippen molar-refractivity contribution in [3.63, 3.8) is 0 Å². The number of aromatic nitrogens is 1. The number of halogens is 2. The maximum absolute atomic E-state index is 13.8. The number of carbonyl (C=O) groups is 2. The third-order valence-electron chi connectivity index (χ3n) is 6.03. The number of carboxylic acids is 1. The number of aliphatic carboxylic acids is 1. The minimum Gasteiger partial charge on any atom is -0.489 e. The summed E-state index contributed by atoms with van der Waals surface area (Å²) in [5.41, 5.74) is 4.30. The van der Waals surface area contributed by atoms with E-state index >= 15 is 0 Å². The summed E-state index contributed by atoms with van der Waals surface area (Å²) in [5.74, 6) is 0.342. The average Bonchev–Trinajstić information content (AvgIpc) is 2.89. The minimum atomic E-state index is -0.933. The standard InChI is InChI=1S/C31H27Br2NO5/c1-18(2)23-15-28(39-31-25(32)12-21(13-26(31)33)14-29(35)36)24(30(37)22-6-4-5-19(3)11-22)16-27(23)38-17-20-7-9-34-10-8-20/h4-13,15-16,18H,14,17H2,1-3H3,(H,35,36). The van der Waals surface area contributed by atoms with Crippen LogP contribution in [0.25, 0.3) is 0 Å². The number of ketones is 1. The number of nitrogens with zero attached hydrogens (tertiary/aromatic N) is 1. The molecule has 0 unspecified atom stereocenters. The van der Waals surface area contributed by atoms with Crippen LogP contribution in [0.4, 0.5) is 0 Å². The van der Waals surface area contributed by atoms with E-state index in [0.717, 1.165) is 16.7 Å². The Morgan fingerprint density at radius 2 is 1.62 bits per heavy atom. The minimum absolute atomic E-state index is 0.0766. The van der Waals surface area contributed by atoms with Crippen LogP contribution in [0.15, 0.2) is 82.0 Å². The van der Waals surface area contributed by atoms with Crippen LogP contribution in [0.2, 0.25) is 0 Å². The first kappa shape index (κ1) is 28.5. The van der Waals surface area contributed by atoms with E-state index in [1.54, 1.807) is 36.7 Å². The Bertz CT molecular complexity index is 1500. The van der Waals surface area contributed by atoms with Gasteiger partial charge in [0.25, 0.3) is 0 Å². The lowest BCUT2D eigenvalue weighted by atomic mass is 9.95. The number of pyridine rings is 1. The molecule has 1 N–H and O–H groups in total. The number of hydrogen-bond donors (Lipinski definition) is 1. The number of rotatable bonds is 10. The molecule has 3 aromatic carbocycles. The summed E-state index contributed by atoms with van der Waals surface area (Å²) < 4.78 is 13.7. The van der Waals surface area contributed by atoms with Crippen molar-refractivity contribution in [2.75, 3.05) is 0 Å². The van der Waals surface area contributed by atoms with Crippen LogP contribution in [0.5, 0.6) is 17.2 Å². The molecule has 1 heterocycles. The van der Waals surface area contributed by atoms with E-state index in [0.29, 0.717) is 49.5 Å². The van der Waals surface area contributed by atoms with Gasteiger partial charge in [0.05, 0.1) is 20.9 Å². The van der Waals surface area contributed by atoms with E-state index in [9.17, 15) is 14.7 Å². The molecule has 0 aliphatic heterocycles. The maximum atomic E-state index is 13.8. The first-order valence-corrected chi connectivity index (χ1v) is 13.9. The molecule has 4 aromatic rings. The van der Waals surface area contributed by atoms with Crippen molar-refractivity contribution in [1.82, 2.24) is 4.98 Å². The van der Waals surface area contributed by atoms with Crippen molar-refractivity contribution in [2.45, 2.75) is 39.7 Å². The van der Waals surface area contributed by atoms with Gasteiger partial charge in [-0.2, -0.15) is 0 Å². The predicted molar refractivity (Wildman–Crippen MR) is 157 cm³/mol. The van der Waals surface area contributed by atoms with Gasteiger partial charge < -0.3 is 14.6 Å². The molecule has 0 saturated heterocycles. The van der Waals surface area contributed by atoms with Gasteiger partial charge in [0, 0.05) is 23.5 Å². The third kappa shape index (κ3) is 7.13. The van der Waals surface area contributed by atoms with Crippen molar-refractivity contribution < 1.29 is 24.2 Å². The zero-order valence-corrected chi connectivity index (χ0v) is 24.9. The zero-order chi connectivity index (χ0) is 28.1. The van der Waals surface area contributed by atoms with Crippen molar-refractivity contribution in [3.05, 3.63) is 115 Å². The maximum Gasteiger partial charge on any atom is 0.307 e. The molecule has 0 radical (unpaired) electrons. The molecule has 0 saturated carbocycles. The molecule has 200 valence electrons. The molecule has 4 rings (SSSR count). The summed E-state index contributed by atoms with van der Waals surface area (Å²) in [7, 11) is 0. The van der Waals surface area contributed by atoms with E-state index in [-0.39, 0.29) is 18.1 Å². The second-order valence-electron chi connectivity index (χ2n) is 9.44. The topological polar surface area (TPSA) is 85.7 Å². The first-order chi connectivity index (χ1) is 18.6. The van der Waals surface area contributed by atoms with Gasteiger partial charge in [0.2, 0.25) is 0 Å². The predicted octanol–water partition coefficient (Wildman–Crippen LogP) is 8.27. The Morgan fingerprint density at radius 1 is 0.923 bits per heavy atom. The lowest BCUT2D eigenvalue weighted by molar-refractivity contribution is -0.136. The Hall–Kier alpha value is -3.49. The van der Waals surface area contributed by atoms with Crippen molar-refractivity contribution in [1.29, 1.82) is 0 Å². The Kier molecular flexibility index (Phi) is 9.20. The van der Waals surface area contributed by atoms with Gasteiger partial charge in [-0.15, -0.1) is 0 Å². The quantitative estimate of drug-likeness (QED) is 0.174. The number of aryl methyl sites for hydroxylation is 1. The molecule has 0 aliphatic rings. The van der Waals surface area contributed by atoms with Crippen molar-refractivity contribution >= 4 is 43.6 Å². The van der Waals surface area contributed by atoms with E-state index in [4.69, 9.17) is 9.47 Å². The van der Waals surface area contributed by atoms with E-state index in [1.807, 2.05) is 57.2 Å². The zero-order valence-electron chi connectivity index (χ0n) is 21.7. The van der Waals surface area contributed by atoms with Crippen molar-refractivity contribution in [3.8, 4) is 17.2 Å². The second kappa shape index (κ2) is 12.6. The summed E-state index contributed by atoms with van der Waals surface area (Å²) in [6.07, 6.45) is 3.29. The molecule has 8 heteroatoms. The molecule has 0 atom stereocenters. The molecule has 0 bridgehead atoms. The monoisotopic (exact) mass is 651 g/mol. The second-order valence-corrected chi connectivity index (χ2v) is 11.2. The molecule has 0 aliphatic carbocycles. The highest BCUT2D eigenvalue weighted by molar-refractivity contribution is 9.11. The third-order valence-corrected chi connectivity index (χ3v) is 7.21. The molecule has 0 amide bonds. The van der Waals surface area contributed by atoms with Gasteiger partial charge in [-0.05, 0) is 98.3 Å². The van der Waals surface area contributed by atoms with E-state index in [2.05, 4.69) is 36.8 Å². The van der Waals surface area contributed by atoms with Crippen LogP contribution in [0, 0.1) is 6.92 Å². The van der Waals surface area contributed by atoms with E-state index < -0.39 is 5.97 Å². The SMILES string of the molecule is Cc1cccc(C(=O)c2cc(OCc3ccncc3)c(C(C)C)cc2Oc2c(Br)cc(CC(=O)O)cc2Br)c1. The van der Waals surface area contributed by atoms with Crippen LogP contribution in [0.1, 0.15) is 57.9 Å². The number of carbonyl (C=O) groups excluding carboxylic acids is 1. The normalized spacial score (nSPS) is 10.9. The van der Waals surface area contributed by atoms with Crippen molar-refractivity contribution in [2.24, 2.45) is 0 Å². The molecular weight excluding hydrogens is 626 g/mol. The number of carboxylic acid groups (broad SMARTS) is 1. The number of hydrogen-bond acceptors (Lipinski definition) is 5. The fourth-order valence-corrected chi connectivity index (χ4v) is 5.54. The first-order valence-electron chi connectivity index (χ1n) is 12.3. The van der Waals surface area contributed by atoms with Crippen LogP contribution in [-0.4, -0.2) is 21.8 Å². The van der Waals surface area contributed by atoms with Gasteiger partial charge in [-0.3, -0.25) is 14.6 Å². The fourth-order valence-electron chi connectivity index (χ4n) is 4.09. The summed E-state index contributed by atoms with van der Waals surface area (Å²) in [5, 5.41) is 9.19. The lowest BCUT2D eigenvalue weighted by Gasteiger charge is -2.20. The highest BCUT2D eigenvalue weighted by Crippen LogP contribution is 2.42. The van der Waals surface area contributed by atoms with Crippen LogP contribution in [0.3, 0.4) is 0 Å². The molecular formula is C31H27Br2NO5. The molecule has 39 heavy (non-hydrogen) atoms. The summed E-state index contributed by atoms with van der Waals surface area (Å²) in [6, 6.07) is 18.2. The van der Waals surface area contributed by atoms with Crippen LogP contribution in [-0.2, 0) is 17.8 Å². The lowest BCUT2D eigenvalue weighted by Crippen LogP contribution is -2.08. The van der Waals surface area contributed by atoms with Crippen LogP contribution >= 0.6 is 31.9 Å². The Morgan fingerprint density at radius 3 is 2.23 bits per heavy atom. The van der Waals surface area contributed by atoms with Crippen LogP contribution < -0.4 is 9.47 Å². The summed E-state index contributed by atoms with van der Waals surface area (Å²) in [6.45, 7) is 6.36. The molecule has 0 fully saturated rings. The smallest absolute Gasteiger partial charge is 0.307 e. The highest BCUT2D eigenvalue weighted by atomic mass is 79.9. The molecule has 1 aromatic heterocycles. The summed E-state index contributed by atoms with van der Waals surface area (Å²) in [4.78, 5) is 29.1. The number of ether oxygens (including phenoxy) is 2. The summed E-state index contributed by atoms with van der Waals surface area (Å²) >= 11 is 7.02. The Labute approximate surface area is 244 Å². The van der Waals surface area contributed by atoms with Gasteiger partial charge in [-0.1, -0.05) is 37.6 Å². The van der Waals surface area contributed by atoms with E-state index in [1.165, 1.54) is 0 Å². The molecule has 0 spiro atoms. The number of benzene rings is 3. The van der Waals surface area contributed by atoms with Gasteiger partial charge in [0.15, 0.2) is 11.5 Å². The fraction of sp³-hybridized carbons (Fsp3) is 0.194. The Balaban J connectivity index is 1.81.